The van der Waals surface area contributed by atoms with E-state index in [-0.39, 0.29) is 17.7 Å². The van der Waals surface area contributed by atoms with E-state index in [2.05, 4.69) is 0 Å². The average Bonchev–Trinajstić information content (AvgIpc) is 2.79. The second-order valence-corrected chi connectivity index (χ2v) is 4.00. The minimum atomic E-state index is -0.671. The summed E-state index contributed by atoms with van der Waals surface area (Å²) in [5, 5.41) is 0. The van der Waals surface area contributed by atoms with Crippen LogP contribution in [0.2, 0.25) is 0 Å². The molecule has 0 amide bonds. The van der Waals surface area contributed by atoms with Gasteiger partial charge in [0.25, 0.3) is 0 Å². The minimum absolute atomic E-state index is 0.113. The molecule has 1 saturated carbocycles. The van der Waals surface area contributed by atoms with Crippen LogP contribution < -0.4 is 0 Å². The molecule has 0 radical (unpaired) electrons. The number of ether oxygens (including phenoxy) is 1. The van der Waals surface area contributed by atoms with E-state index in [1.54, 1.807) is 0 Å². The van der Waals surface area contributed by atoms with Crippen LogP contribution in [0.25, 0.3) is 0 Å². The Balaban J connectivity index is 2.01. The summed E-state index contributed by atoms with van der Waals surface area (Å²) in [5.41, 5.74) is -0.671. The Kier molecular flexibility index (Phi) is 1.90. The van der Waals surface area contributed by atoms with Crippen LogP contribution in [-0.2, 0) is 14.3 Å². The van der Waals surface area contributed by atoms with E-state index in [0.29, 0.717) is 13.0 Å². The van der Waals surface area contributed by atoms with Crippen LogP contribution in [0.1, 0.15) is 32.6 Å². The first-order valence-corrected chi connectivity index (χ1v) is 4.92. The third-order valence-electron chi connectivity index (χ3n) is 3.14. The molecule has 1 aliphatic heterocycles. The van der Waals surface area contributed by atoms with Gasteiger partial charge < -0.3 is 4.74 Å². The van der Waals surface area contributed by atoms with Crippen molar-refractivity contribution in [1.82, 2.24) is 0 Å². The van der Waals surface area contributed by atoms with Crippen LogP contribution in [-0.4, -0.2) is 18.4 Å². The van der Waals surface area contributed by atoms with E-state index >= 15 is 0 Å². The number of Topliss-reactive ketones (excluding diaryl/α,β-unsaturated/α-hetero) is 1. The van der Waals surface area contributed by atoms with Crippen molar-refractivity contribution in [3.05, 3.63) is 0 Å². The molecular formula is C10H14O3. The highest BCUT2D eigenvalue weighted by atomic mass is 16.5. The van der Waals surface area contributed by atoms with Crippen molar-refractivity contribution in [2.75, 3.05) is 6.61 Å². The van der Waals surface area contributed by atoms with E-state index in [1.165, 1.54) is 0 Å². The highest BCUT2D eigenvalue weighted by Gasteiger charge is 2.69. The van der Waals surface area contributed by atoms with Crippen molar-refractivity contribution in [3.8, 4) is 0 Å². The molecule has 0 aromatic heterocycles. The molecule has 72 valence electrons. The van der Waals surface area contributed by atoms with E-state index in [4.69, 9.17) is 4.74 Å². The number of hydrogen-bond donors (Lipinski definition) is 0. The van der Waals surface area contributed by atoms with Gasteiger partial charge in [0.2, 0.25) is 0 Å². The maximum atomic E-state index is 11.7. The van der Waals surface area contributed by atoms with Crippen LogP contribution in [0, 0.1) is 11.3 Å². The van der Waals surface area contributed by atoms with E-state index in [1.807, 2.05) is 6.92 Å². The molecule has 2 atom stereocenters. The van der Waals surface area contributed by atoms with Crippen molar-refractivity contribution >= 4 is 11.8 Å². The van der Waals surface area contributed by atoms with Gasteiger partial charge in [-0.05, 0) is 12.8 Å². The number of esters is 1. The number of unbranched alkanes of at least 4 members (excludes halogenated alkanes) is 1. The van der Waals surface area contributed by atoms with Crippen LogP contribution in [0.4, 0.5) is 0 Å². The van der Waals surface area contributed by atoms with Crippen LogP contribution in [0.5, 0.6) is 0 Å². The smallest absolute Gasteiger partial charge is 0.320 e. The van der Waals surface area contributed by atoms with Crippen molar-refractivity contribution in [3.63, 3.8) is 0 Å². The van der Waals surface area contributed by atoms with Crippen LogP contribution in [0.3, 0.4) is 0 Å². The van der Waals surface area contributed by atoms with Gasteiger partial charge in [-0.3, -0.25) is 9.59 Å². The van der Waals surface area contributed by atoms with Gasteiger partial charge in [0.1, 0.15) is 5.41 Å². The second-order valence-electron chi connectivity index (χ2n) is 4.00. The standard InChI is InChI=1S/C10H14O3/c1-2-3-4-8(11)10-5-7(10)6-13-9(10)12/h7H,2-6H2,1H3. The van der Waals surface area contributed by atoms with Gasteiger partial charge in [-0.25, -0.2) is 0 Å². The number of cyclic esters (lactones) is 1. The SMILES string of the molecule is CCCCC(=O)C12CC1COC2=O. The molecule has 3 heteroatoms. The first-order valence-electron chi connectivity index (χ1n) is 4.92. The number of carbonyl (C=O) groups is 2. The summed E-state index contributed by atoms with van der Waals surface area (Å²) in [6.45, 7) is 2.51. The predicted molar refractivity (Wildman–Crippen MR) is 46.0 cm³/mol. The quantitative estimate of drug-likeness (QED) is 0.486. The van der Waals surface area contributed by atoms with Gasteiger partial charge in [-0.2, -0.15) is 0 Å². The molecule has 0 spiro atoms. The average molecular weight is 182 g/mol. The van der Waals surface area contributed by atoms with Crippen LogP contribution >= 0.6 is 0 Å². The molecule has 0 bridgehead atoms. The zero-order chi connectivity index (χ0) is 9.47. The third kappa shape index (κ3) is 1.10. The number of fused-ring (bicyclic) bond motifs is 1. The summed E-state index contributed by atoms with van der Waals surface area (Å²) < 4.78 is 4.86. The summed E-state index contributed by atoms with van der Waals surface area (Å²) in [4.78, 5) is 23.0. The Bertz CT molecular complexity index is 259. The molecule has 1 saturated heterocycles. The molecule has 1 aliphatic carbocycles. The molecule has 2 aliphatic rings. The lowest BCUT2D eigenvalue weighted by Gasteiger charge is -2.06. The Morgan fingerprint density at radius 2 is 2.46 bits per heavy atom. The third-order valence-corrected chi connectivity index (χ3v) is 3.14. The monoisotopic (exact) mass is 182 g/mol. The Morgan fingerprint density at radius 1 is 1.69 bits per heavy atom. The van der Waals surface area contributed by atoms with E-state index < -0.39 is 5.41 Å². The minimum Gasteiger partial charge on any atom is -0.465 e. The van der Waals surface area contributed by atoms with Gasteiger partial charge in [-0.1, -0.05) is 13.3 Å². The highest BCUT2D eigenvalue weighted by Crippen LogP contribution is 2.58. The summed E-state index contributed by atoms with van der Waals surface area (Å²) in [6, 6.07) is 0. The van der Waals surface area contributed by atoms with Crippen molar-refractivity contribution in [1.29, 1.82) is 0 Å². The number of rotatable bonds is 4. The molecule has 13 heavy (non-hydrogen) atoms. The summed E-state index contributed by atoms with van der Waals surface area (Å²) in [7, 11) is 0. The predicted octanol–water partition coefficient (Wildman–Crippen LogP) is 1.31. The molecule has 0 N–H and O–H groups in total. The fourth-order valence-corrected chi connectivity index (χ4v) is 2.10. The largest absolute Gasteiger partial charge is 0.465 e. The van der Waals surface area contributed by atoms with E-state index in [0.717, 1.165) is 19.3 Å². The zero-order valence-corrected chi connectivity index (χ0v) is 7.84. The second kappa shape index (κ2) is 2.82. The first kappa shape index (κ1) is 8.73. The summed E-state index contributed by atoms with van der Waals surface area (Å²) in [5.74, 6) is 0.0600. The number of ketones is 1. The molecule has 0 aromatic rings. The molecule has 2 fully saturated rings. The summed E-state index contributed by atoms with van der Waals surface area (Å²) in [6.07, 6.45) is 3.18. The first-order chi connectivity index (χ1) is 6.21. The Morgan fingerprint density at radius 3 is 2.92 bits per heavy atom. The number of carbonyl (C=O) groups excluding carboxylic acids is 2. The van der Waals surface area contributed by atoms with Gasteiger partial charge in [0, 0.05) is 12.3 Å². The van der Waals surface area contributed by atoms with Gasteiger partial charge in [0.15, 0.2) is 5.78 Å². The zero-order valence-electron chi connectivity index (χ0n) is 7.84. The number of hydrogen-bond acceptors (Lipinski definition) is 3. The van der Waals surface area contributed by atoms with Gasteiger partial charge >= 0.3 is 5.97 Å². The fourth-order valence-electron chi connectivity index (χ4n) is 2.10. The molecule has 2 rings (SSSR count). The Hall–Kier alpha value is -0.860. The van der Waals surface area contributed by atoms with Gasteiger partial charge in [-0.15, -0.1) is 0 Å². The van der Waals surface area contributed by atoms with Crippen molar-refractivity contribution < 1.29 is 14.3 Å². The molecule has 0 aromatic carbocycles. The normalized spacial score (nSPS) is 35.5. The highest BCUT2D eigenvalue weighted by molar-refractivity contribution is 6.08. The molecular weight excluding hydrogens is 168 g/mol. The molecule has 1 heterocycles. The molecule has 3 nitrogen and oxygen atoms in total. The topological polar surface area (TPSA) is 43.4 Å². The fraction of sp³-hybridized carbons (Fsp3) is 0.800. The van der Waals surface area contributed by atoms with Crippen molar-refractivity contribution in [2.45, 2.75) is 32.6 Å². The lowest BCUT2D eigenvalue weighted by atomic mass is 9.95. The van der Waals surface area contributed by atoms with Crippen molar-refractivity contribution in [2.24, 2.45) is 11.3 Å². The Labute approximate surface area is 77.4 Å². The maximum Gasteiger partial charge on any atom is 0.320 e. The lowest BCUT2D eigenvalue weighted by molar-refractivity contribution is -0.148. The summed E-state index contributed by atoms with van der Waals surface area (Å²) >= 11 is 0. The van der Waals surface area contributed by atoms with E-state index in [9.17, 15) is 9.59 Å². The molecule has 2 unspecified atom stereocenters. The van der Waals surface area contributed by atoms with Crippen LogP contribution in [0.15, 0.2) is 0 Å². The van der Waals surface area contributed by atoms with Gasteiger partial charge in [0.05, 0.1) is 6.61 Å². The maximum absolute atomic E-state index is 11.7. The lowest BCUT2D eigenvalue weighted by Crippen LogP contribution is -2.24.